The van der Waals surface area contributed by atoms with Crippen LogP contribution in [0.25, 0.3) is 0 Å². The quantitative estimate of drug-likeness (QED) is 0.845. The fourth-order valence-electron chi connectivity index (χ4n) is 2.64. The van der Waals surface area contributed by atoms with Crippen molar-refractivity contribution in [2.45, 2.75) is 52.2 Å². The molecule has 2 aromatic heterocycles. The fourth-order valence-corrected chi connectivity index (χ4v) is 2.64. The molecule has 3 rings (SSSR count). The largest absolute Gasteiger partial charge is 0.423 e. The zero-order valence-electron chi connectivity index (χ0n) is 12.6. The molecule has 1 aliphatic heterocycles. The summed E-state index contributed by atoms with van der Waals surface area (Å²) in [6.07, 6.45) is 2.15. The van der Waals surface area contributed by atoms with Crippen molar-refractivity contribution in [3.8, 4) is 0 Å². The molecule has 0 saturated heterocycles. The number of hydrogen-bond donors (Lipinski definition) is 0. The van der Waals surface area contributed by atoms with Crippen molar-refractivity contribution < 1.29 is 4.42 Å². The molecule has 108 valence electrons. The molecule has 5 heteroatoms. The highest BCUT2D eigenvalue weighted by atomic mass is 16.4. The van der Waals surface area contributed by atoms with Crippen molar-refractivity contribution in [2.75, 3.05) is 6.54 Å². The maximum absolute atomic E-state index is 5.80. The van der Waals surface area contributed by atoms with Crippen LogP contribution < -0.4 is 0 Å². The van der Waals surface area contributed by atoms with Crippen LogP contribution in [-0.4, -0.2) is 26.2 Å². The van der Waals surface area contributed by atoms with Gasteiger partial charge in [-0.25, -0.2) is 0 Å². The van der Waals surface area contributed by atoms with Gasteiger partial charge in [-0.1, -0.05) is 20.8 Å². The molecule has 20 heavy (non-hydrogen) atoms. The Morgan fingerprint density at radius 3 is 2.80 bits per heavy atom. The summed E-state index contributed by atoms with van der Waals surface area (Å²) < 4.78 is 8.11. The van der Waals surface area contributed by atoms with Gasteiger partial charge < -0.3 is 8.98 Å². The number of nitrogens with zero attached hydrogens (tertiary/aromatic N) is 4. The Balaban J connectivity index is 1.74. The van der Waals surface area contributed by atoms with E-state index in [1.807, 2.05) is 0 Å². The molecule has 3 heterocycles. The van der Waals surface area contributed by atoms with E-state index in [0.29, 0.717) is 17.8 Å². The van der Waals surface area contributed by atoms with Crippen LogP contribution in [0.15, 0.2) is 22.7 Å². The van der Waals surface area contributed by atoms with Gasteiger partial charge in [0.25, 0.3) is 0 Å². The van der Waals surface area contributed by atoms with Crippen LogP contribution in [0.4, 0.5) is 0 Å². The summed E-state index contributed by atoms with van der Waals surface area (Å²) in [5.41, 5.74) is 1.26. The van der Waals surface area contributed by atoms with Gasteiger partial charge >= 0.3 is 0 Å². The topological polar surface area (TPSA) is 47.1 Å². The zero-order chi connectivity index (χ0) is 14.3. The summed E-state index contributed by atoms with van der Waals surface area (Å²) in [6, 6.07) is 4.68. The van der Waals surface area contributed by atoms with E-state index in [9.17, 15) is 0 Å². The van der Waals surface area contributed by atoms with E-state index >= 15 is 0 Å². The van der Waals surface area contributed by atoms with E-state index < -0.39 is 0 Å². The van der Waals surface area contributed by atoms with E-state index in [-0.39, 0.29) is 5.41 Å². The lowest BCUT2D eigenvalue weighted by Crippen LogP contribution is -2.35. The molecule has 0 saturated carbocycles. The molecule has 0 amide bonds. The fraction of sp³-hybridized carbons (Fsp3) is 0.600. The Labute approximate surface area is 119 Å². The third-order valence-corrected chi connectivity index (χ3v) is 3.92. The van der Waals surface area contributed by atoms with Gasteiger partial charge in [-0.3, -0.25) is 4.90 Å². The monoisotopic (exact) mass is 274 g/mol. The molecule has 0 fully saturated rings. The van der Waals surface area contributed by atoms with Gasteiger partial charge in [0.05, 0.1) is 6.54 Å². The van der Waals surface area contributed by atoms with Gasteiger partial charge in [0.15, 0.2) is 0 Å². The minimum absolute atomic E-state index is 0.0898. The van der Waals surface area contributed by atoms with Gasteiger partial charge in [-0.2, -0.15) is 0 Å². The molecule has 0 aromatic carbocycles. The number of rotatable bonds is 2. The standard InChI is InChI=1S/C15H22N4O/c1-11-12-6-5-7-18(12)8-9-19(11)10-13-16-17-14(20-13)15(2,3)4/h5-7,11H,8-10H2,1-4H3/t11-/m1/s1. The third-order valence-electron chi connectivity index (χ3n) is 3.92. The summed E-state index contributed by atoms with van der Waals surface area (Å²) in [5, 5.41) is 8.35. The predicted octanol–water partition coefficient (Wildman–Crippen LogP) is 2.75. The molecular weight excluding hydrogens is 252 g/mol. The average Bonchev–Trinajstić information content (AvgIpc) is 3.01. The maximum Gasteiger partial charge on any atom is 0.230 e. The average molecular weight is 274 g/mol. The smallest absolute Gasteiger partial charge is 0.230 e. The molecule has 0 N–H and O–H groups in total. The van der Waals surface area contributed by atoms with Crippen molar-refractivity contribution in [3.05, 3.63) is 35.8 Å². The summed E-state index contributed by atoms with van der Waals surface area (Å²) in [6.45, 7) is 11.2. The van der Waals surface area contributed by atoms with Gasteiger partial charge in [-0.15, -0.1) is 10.2 Å². The summed E-state index contributed by atoms with van der Waals surface area (Å²) in [7, 11) is 0. The molecule has 0 radical (unpaired) electrons. The predicted molar refractivity (Wildman–Crippen MR) is 76.3 cm³/mol. The van der Waals surface area contributed by atoms with E-state index in [4.69, 9.17) is 4.42 Å². The molecule has 0 aliphatic carbocycles. The number of hydrogen-bond acceptors (Lipinski definition) is 4. The van der Waals surface area contributed by atoms with E-state index in [0.717, 1.165) is 19.6 Å². The lowest BCUT2D eigenvalue weighted by atomic mass is 9.97. The molecule has 1 atom stereocenters. The van der Waals surface area contributed by atoms with Crippen LogP contribution in [0.3, 0.4) is 0 Å². The summed E-state index contributed by atoms with van der Waals surface area (Å²) in [5.74, 6) is 1.42. The molecule has 1 aliphatic rings. The second-order valence-electron chi connectivity index (χ2n) is 6.52. The Bertz CT molecular complexity index is 593. The van der Waals surface area contributed by atoms with Crippen molar-refractivity contribution in [1.29, 1.82) is 0 Å². The Morgan fingerprint density at radius 1 is 1.30 bits per heavy atom. The van der Waals surface area contributed by atoms with E-state index in [1.165, 1.54) is 5.69 Å². The number of aromatic nitrogens is 3. The Morgan fingerprint density at radius 2 is 2.10 bits per heavy atom. The first-order valence-corrected chi connectivity index (χ1v) is 7.17. The second kappa shape index (κ2) is 4.74. The highest BCUT2D eigenvalue weighted by molar-refractivity contribution is 5.13. The van der Waals surface area contributed by atoms with Crippen molar-refractivity contribution in [1.82, 2.24) is 19.7 Å². The van der Waals surface area contributed by atoms with Gasteiger partial charge in [0.1, 0.15) is 0 Å². The first kappa shape index (κ1) is 13.4. The van der Waals surface area contributed by atoms with E-state index in [2.05, 4.69) is 65.7 Å². The van der Waals surface area contributed by atoms with Gasteiger partial charge in [0.2, 0.25) is 11.8 Å². The van der Waals surface area contributed by atoms with E-state index in [1.54, 1.807) is 0 Å². The Hall–Kier alpha value is -1.62. The van der Waals surface area contributed by atoms with Crippen LogP contribution in [0, 0.1) is 0 Å². The first-order valence-electron chi connectivity index (χ1n) is 7.17. The summed E-state index contributed by atoms with van der Waals surface area (Å²) >= 11 is 0. The first-order chi connectivity index (χ1) is 9.45. The lowest BCUT2D eigenvalue weighted by molar-refractivity contribution is 0.144. The summed E-state index contributed by atoms with van der Waals surface area (Å²) in [4.78, 5) is 2.38. The number of fused-ring (bicyclic) bond motifs is 1. The van der Waals surface area contributed by atoms with Crippen LogP contribution in [-0.2, 0) is 18.5 Å². The maximum atomic E-state index is 5.80. The van der Waals surface area contributed by atoms with Crippen LogP contribution in [0.5, 0.6) is 0 Å². The molecular formula is C15H22N4O. The lowest BCUT2D eigenvalue weighted by Gasteiger charge is -2.33. The third kappa shape index (κ3) is 2.38. The van der Waals surface area contributed by atoms with Gasteiger partial charge in [0, 0.05) is 36.4 Å². The molecule has 2 aromatic rings. The normalized spacial score (nSPS) is 20.1. The molecule has 0 bridgehead atoms. The minimum atomic E-state index is -0.0898. The minimum Gasteiger partial charge on any atom is -0.423 e. The molecule has 5 nitrogen and oxygen atoms in total. The van der Waals surface area contributed by atoms with Crippen molar-refractivity contribution >= 4 is 0 Å². The molecule has 0 spiro atoms. The van der Waals surface area contributed by atoms with Crippen LogP contribution in [0.1, 0.15) is 51.2 Å². The van der Waals surface area contributed by atoms with Crippen LogP contribution >= 0.6 is 0 Å². The SMILES string of the molecule is C[C@@H]1c2cccn2CCN1Cc1nnc(C(C)(C)C)o1. The van der Waals surface area contributed by atoms with Crippen molar-refractivity contribution in [3.63, 3.8) is 0 Å². The second-order valence-corrected chi connectivity index (χ2v) is 6.52. The Kier molecular flexibility index (Phi) is 3.17. The molecule has 0 unspecified atom stereocenters. The van der Waals surface area contributed by atoms with Crippen molar-refractivity contribution in [2.24, 2.45) is 0 Å². The zero-order valence-corrected chi connectivity index (χ0v) is 12.6. The van der Waals surface area contributed by atoms with Gasteiger partial charge in [-0.05, 0) is 19.1 Å². The highest BCUT2D eigenvalue weighted by Crippen LogP contribution is 2.27. The highest BCUT2D eigenvalue weighted by Gasteiger charge is 2.26. The van der Waals surface area contributed by atoms with Crippen LogP contribution in [0.2, 0.25) is 0 Å².